The van der Waals surface area contributed by atoms with Crippen molar-refractivity contribution in [2.45, 2.75) is 152 Å². The molecule has 0 fully saturated rings. The Bertz CT molecular complexity index is 1420. The zero-order chi connectivity index (χ0) is 31.8. The van der Waals surface area contributed by atoms with Crippen molar-refractivity contribution in [3.63, 3.8) is 0 Å². The van der Waals surface area contributed by atoms with Gasteiger partial charge in [0.25, 0.3) is 0 Å². The Hall–Kier alpha value is -2.63. The molecule has 2 aromatic rings. The Labute approximate surface area is 256 Å². The number of nitrogens with zero attached hydrogens (tertiary/aromatic N) is 6. The van der Waals surface area contributed by atoms with Gasteiger partial charge in [0.1, 0.15) is 12.0 Å². The van der Waals surface area contributed by atoms with E-state index in [0.717, 1.165) is 24.4 Å². The minimum atomic E-state index is -0.147. The van der Waals surface area contributed by atoms with Crippen LogP contribution in [-0.4, -0.2) is 42.4 Å². The van der Waals surface area contributed by atoms with Crippen molar-refractivity contribution in [2.24, 2.45) is 15.9 Å². The second-order valence-corrected chi connectivity index (χ2v) is 18.0. The Balaban J connectivity index is 1.73. The van der Waals surface area contributed by atoms with Crippen LogP contribution in [0.25, 0.3) is 5.52 Å². The molecule has 0 saturated carbocycles. The molecule has 2 aliphatic rings. The molecule has 1 unspecified atom stereocenters. The molecule has 42 heavy (non-hydrogen) atoms. The van der Waals surface area contributed by atoms with E-state index in [1.807, 2.05) is 12.4 Å². The number of hydrogen-bond acceptors (Lipinski definition) is 5. The van der Waals surface area contributed by atoms with E-state index in [1.54, 1.807) is 0 Å². The molecule has 0 aliphatic carbocycles. The minimum Gasteiger partial charge on any atom is -0.346 e. The first kappa shape index (κ1) is 32.3. The van der Waals surface area contributed by atoms with Gasteiger partial charge in [0.2, 0.25) is 0 Å². The lowest BCUT2D eigenvalue weighted by Crippen LogP contribution is -2.51. The quantitative estimate of drug-likeness (QED) is 0.358. The predicted molar refractivity (Wildman–Crippen MR) is 178 cm³/mol. The van der Waals surface area contributed by atoms with Crippen molar-refractivity contribution in [1.82, 2.24) is 24.5 Å². The van der Waals surface area contributed by atoms with Crippen LogP contribution in [0.1, 0.15) is 141 Å². The fraction of sp³-hybridized carbons (Fsp3) is 0.694. The average molecular weight is 575 g/mol. The molecule has 0 amide bonds. The van der Waals surface area contributed by atoms with Gasteiger partial charge in [-0.3, -0.25) is 0 Å². The zero-order valence-electron chi connectivity index (χ0n) is 29.6. The Morgan fingerprint density at radius 3 is 1.86 bits per heavy atom. The lowest BCUT2D eigenvalue weighted by Gasteiger charge is -2.46. The first-order valence-corrected chi connectivity index (χ1v) is 15.8. The largest absolute Gasteiger partial charge is 0.346 e. The van der Waals surface area contributed by atoms with Crippen molar-refractivity contribution >= 4 is 11.7 Å². The number of hydrazone groups is 1. The summed E-state index contributed by atoms with van der Waals surface area (Å²) in [5.41, 5.74) is 5.96. The van der Waals surface area contributed by atoms with Crippen molar-refractivity contribution < 1.29 is 0 Å². The highest BCUT2D eigenvalue weighted by Gasteiger charge is 2.47. The highest BCUT2D eigenvalue weighted by atomic mass is 15.6. The van der Waals surface area contributed by atoms with Gasteiger partial charge < -0.3 is 4.90 Å². The number of fused-ring (bicyclic) bond motifs is 2. The molecule has 6 heteroatoms. The van der Waals surface area contributed by atoms with Crippen LogP contribution in [0.4, 0.5) is 0 Å². The van der Waals surface area contributed by atoms with Crippen molar-refractivity contribution in [1.29, 1.82) is 0 Å². The zero-order valence-corrected chi connectivity index (χ0v) is 29.6. The third kappa shape index (κ3) is 5.79. The molecule has 0 saturated heterocycles. The van der Waals surface area contributed by atoms with Crippen LogP contribution in [0.15, 0.2) is 40.9 Å². The smallest absolute Gasteiger partial charge is 0.146 e. The summed E-state index contributed by atoms with van der Waals surface area (Å²) in [4.78, 5) is 7.91. The number of rotatable bonds is 5. The summed E-state index contributed by atoms with van der Waals surface area (Å²) in [7, 11) is 0. The molecule has 6 nitrogen and oxygen atoms in total. The van der Waals surface area contributed by atoms with E-state index >= 15 is 0 Å². The molecule has 0 aromatic carbocycles. The second-order valence-electron chi connectivity index (χ2n) is 18.0. The first-order valence-electron chi connectivity index (χ1n) is 15.8. The van der Waals surface area contributed by atoms with Gasteiger partial charge in [-0.15, -0.1) is 0 Å². The van der Waals surface area contributed by atoms with Crippen LogP contribution in [0.5, 0.6) is 0 Å². The van der Waals surface area contributed by atoms with Crippen molar-refractivity contribution in [3.8, 4) is 0 Å². The number of aromatic nitrogens is 3. The third-order valence-electron chi connectivity index (χ3n) is 9.08. The van der Waals surface area contributed by atoms with Gasteiger partial charge in [-0.25, -0.2) is 14.5 Å². The number of allylic oxidation sites excluding steroid dienone is 2. The predicted octanol–water partition coefficient (Wildman–Crippen LogP) is 8.96. The molecule has 2 aliphatic heterocycles. The van der Waals surface area contributed by atoms with Crippen molar-refractivity contribution in [2.75, 3.05) is 0 Å². The summed E-state index contributed by atoms with van der Waals surface area (Å²) in [6.07, 6.45) is 10.7. The molecule has 0 bridgehead atoms. The molecule has 2 aromatic heterocycles. The van der Waals surface area contributed by atoms with E-state index in [0.29, 0.717) is 0 Å². The van der Waals surface area contributed by atoms with Gasteiger partial charge in [0.05, 0.1) is 16.9 Å². The van der Waals surface area contributed by atoms with Gasteiger partial charge >= 0.3 is 0 Å². The van der Waals surface area contributed by atoms with Crippen molar-refractivity contribution in [3.05, 3.63) is 52.9 Å². The lowest BCUT2D eigenvalue weighted by molar-refractivity contribution is 0.0751. The summed E-state index contributed by atoms with van der Waals surface area (Å²) in [6.45, 7) is 36.9. The highest BCUT2D eigenvalue weighted by Crippen LogP contribution is 2.49. The fourth-order valence-corrected chi connectivity index (χ4v) is 6.33. The maximum absolute atomic E-state index is 5.39. The second kappa shape index (κ2) is 9.95. The standard InChI is InChI=1S/C36H58N6/c1-31(2,3)24-17-21-38-42-27(24)28(39-30(42)33(7,8)9)36(15,16)20-19-35(13,14)25-18-22-37-41-26(32(4,5)6)23-40(29(25)41)34(10,11)12/h17-18,21-23,29H,19-20H2,1-16H3. The van der Waals surface area contributed by atoms with E-state index in [9.17, 15) is 0 Å². The molecule has 0 N–H and O–H groups in total. The Kier molecular flexibility index (Phi) is 7.65. The summed E-state index contributed by atoms with van der Waals surface area (Å²) >= 11 is 0. The van der Waals surface area contributed by atoms with Gasteiger partial charge in [-0.1, -0.05) is 90.0 Å². The van der Waals surface area contributed by atoms with Crippen LogP contribution in [-0.2, 0) is 16.2 Å². The number of imidazole rings is 1. The molecular weight excluding hydrogens is 516 g/mol. The monoisotopic (exact) mass is 574 g/mol. The normalized spacial score (nSPS) is 19.0. The first-order chi connectivity index (χ1) is 18.9. The maximum atomic E-state index is 5.39. The Morgan fingerprint density at radius 2 is 1.33 bits per heavy atom. The van der Waals surface area contributed by atoms with Gasteiger partial charge in [-0.2, -0.15) is 10.2 Å². The van der Waals surface area contributed by atoms with Crippen LogP contribution in [0, 0.1) is 10.8 Å². The third-order valence-corrected chi connectivity index (χ3v) is 9.08. The van der Waals surface area contributed by atoms with Gasteiger partial charge in [0, 0.05) is 40.4 Å². The molecular formula is C36H58N6. The molecule has 232 valence electrons. The fourth-order valence-electron chi connectivity index (χ4n) is 6.33. The average Bonchev–Trinajstić information content (AvgIpc) is 3.42. The maximum Gasteiger partial charge on any atom is 0.146 e. The number of hydrogen-bond donors (Lipinski definition) is 0. The van der Waals surface area contributed by atoms with Crippen LogP contribution < -0.4 is 0 Å². The van der Waals surface area contributed by atoms with E-state index < -0.39 is 0 Å². The Morgan fingerprint density at radius 1 is 0.738 bits per heavy atom. The van der Waals surface area contributed by atoms with E-state index in [-0.39, 0.29) is 38.8 Å². The topological polar surface area (TPSA) is 49.0 Å². The van der Waals surface area contributed by atoms with E-state index in [4.69, 9.17) is 15.2 Å². The summed E-state index contributed by atoms with van der Waals surface area (Å²) in [6, 6.07) is 2.19. The van der Waals surface area contributed by atoms with E-state index in [2.05, 4.69) is 144 Å². The molecule has 0 spiro atoms. The minimum absolute atomic E-state index is 0.00406. The molecule has 4 rings (SSSR count). The highest BCUT2D eigenvalue weighted by molar-refractivity contribution is 5.74. The van der Waals surface area contributed by atoms with Crippen LogP contribution >= 0.6 is 0 Å². The van der Waals surface area contributed by atoms with Gasteiger partial charge in [0.15, 0.2) is 0 Å². The summed E-state index contributed by atoms with van der Waals surface area (Å²) in [5, 5.41) is 12.0. The van der Waals surface area contributed by atoms with Crippen LogP contribution in [0.2, 0.25) is 0 Å². The molecule has 0 radical (unpaired) electrons. The van der Waals surface area contributed by atoms with Gasteiger partial charge in [-0.05, 0) is 67.7 Å². The molecule has 1 atom stereocenters. The van der Waals surface area contributed by atoms with Crippen LogP contribution in [0.3, 0.4) is 0 Å². The lowest BCUT2D eigenvalue weighted by atomic mass is 9.71. The molecule has 4 heterocycles. The summed E-state index contributed by atoms with van der Waals surface area (Å²) in [5.74, 6) is 1.03. The summed E-state index contributed by atoms with van der Waals surface area (Å²) < 4.78 is 2.13. The van der Waals surface area contributed by atoms with E-state index in [1.165, 1.54) is 22.4 Å². The SMILES string of the molecule is CC(C)(C)C1=CN(C(C)(C)C)C2C(C(C)(C)CCC(C)(C)c3nc(C(C)(C)C)n4nccc(C(C)(C)C)c34)=CC=NN12.